The quantitative estimate of drug-likeness (QED) is 0.214. The molecule has 1 aliphatic rings. The molecule has 0 amide bonds. The van der Waals surface area contributed by atoms with E-state index in [4.69, 9.17) is 9.47 Å². The van der Waals surface area contributed by atoms with Crippen molar-refractivity contribution in [3.63, 3.8) is 0 Å². The van der Waals surface area contributed by atoms with Crippen LogP contribution in [0.15, 0.2) is 53.1 Å². The Balaban J connectivity index is 1.64. The van der Waals surface area contributed by atoms with Gasteiger partial charge in [-0.2, -0.15) is 9.57 Å². The largest absolute Gasteiger partial charge is 0.507 e. The number of nitriles is 1. The number of H-pyrrole nitrogens is 1. The standard InChI is InChI=1S/C22H21N5O7S/c1-14(21(28)16(13-23)22-24-17-4-2-3-5-18(17)25-22)34-20-7-6-15(12-19(20)27(29)30)35(31,32)26-8-10-33-11-9-26/h2-7,12,14,28H,8-11H2,1H3,(H,24,25)/b21-16-. The number of ether oxygens (including phenoxy) is 2. The molecule has 2 N–H and O–H groups in total. The third-order valence-electron chi connectivity index (χ3n) is 5.42. The van der Waals surface area contributed by atoms with Crippen LogP contribution in [0.5, 0.6) is 5.75 Å². The van der Waals surface area contributed by atoms with E-state index >= 15 is 0 Å². The third-order valence-corrected chi connectivity index (χ3v) is 7.31. The molecule has 2 aromatic carbocycles. The van der Waals surface area contributed by atoms with Crippen molar-refractivity contribution in [1.82, 2.24) is 14.3 Å². The molecular formula is C22H21N5O7S. The molecule has 35 heavy (non-hydrogen) atoms. The summed E-state index contributed by atoms with van der Waals surface area (Å²) in [4.78, 5) is 17.9. The van der Waals surface area contributed by atoms with Crippen LogP contribution in [-0.4, -0.2) is 65.1 Å². The van der Waals surface area contributed by atoms with E-state index in [0.717, 1.165) is 12.1 Å². The van der Waals surface area contributed by atoms with E-state index in [-0.39, 0.29) is 48.3 Å². The number of fused-ring (bicyclic) bond motifs is 1. The number of allylic oxidation sites excluding steroid dienone is 1. The number of benzene rings is 2. The molecule has 13 heteroatoms. The number of para-hydroxylation sites is 2. The average molecular weight is 500 g/mol. The van der Waals surface area contributed by atoms with Gasteiger partial charge in [0.2, 0.25) is 10.0 Å². The second-order valence-electron chi connectivity index (χ2n) is 7.64. The number of nitro benzene ring substituents is 1. The van der Waals surface area contributed by atoms with Gasteiger partial charge in [-0.05, 0) is 31.2 Å². The van der Waals surface area contributed by atoms with Crippen molar-refractivity contribution in [3.8, 4) is 11.8 Å². The zero-order valence-corrected chi connectivity index (χ0v) is 19.4. The molecule has 0 radical (unpaired) electrons. The fourth-order valence-corrected chi connectivity index (χ4v) is 5.02. The number of aromatic amines is 1. The fraction of sp³-hybridized carbons (Fsp3) is 0.273. The Kier molecular flexibility index (Phi) is 6.70. The molecule has 0 bridgehead atoms. The SMILES string of the molecule is CC(Oc1ccc(S(=O)(=O)N2CCOCC2)cc1[N+](=O)[O-])/C(O)=C(\C#N)c1nc2ccccc2[nH]1. The van der Waals surface area contributed by atoms with E-state index in [9.17, 15) is 28.9 Å². The van der Waals surface area contributed by atoms with Gasteiger partial charge in [0, 0.05) is 19.2 Å². The monoisotopic (exact) mass is 499 g/mol. The molecule has 0 aliphatic carbocycles. The van der Waals surface area contributed by atoms with Crippen molar-refractivity contribution in [2.45, 2.75) is 17.9 Å². The number of sulfonamides is 1. The van der Waals surface area contributed by atoms with Gasteiger partial charge in [-0.15, -0.1) is 0 Å². The summed E-state index contributed by atoms with van der Waals surface area (Å²) in [5, 5.41) is 32.0. The van der Waals surface area contributed by atoms with E-state index in [1.807, 2.05) is 6.07 Å². The molecule has 1 unspecified atom stereocenters. The Hall–Kier alpha value is -3.99. The highest BCUT2D eigenvalue weighted by Gasteiger charge is 2.30. The average Bonchev–Trinajstić information content (AvgIpc) is 3.28. The van der Waals surface area contributed by atoms with E-state index in [2.05, 4.69) is 9.97 Å². The van der Waals surface area contributed by atoms with Crippen LogP contribution in [0.4, 0.5) is 5.69 Å². The maximum absolute atomic E-state index is 12.9. The first kappa shape index (κ1) is 24.1. The summed E-state index contributed by atoms with van der Waals surface area (Å²) in [5.74, 6) is -0.647. The predicted octanol–water partition coefficient (Wildman–Crippen LogP) is 2.75. The zero-order chi connectivity index (χ0) is 25.2. The lowest BCUT2D eigenvalue weighted by atomic mass is 10.1. The highest BCUT2D eigenvalue weighted by molar-refractivity contribution is 7.89. The smallest absolute Gasteiger partial charge is 0.312 e. The third kappa shape index (κ3) is 4.80. The van der Waals surface area contributed by atoms with Crippen LogP contribution < -0.4 is 4.74 Å². The number of nitrogens with one attached hydrogen (secondary N) is 1. The predicted molar refractivity (Wildman–Crippen MR) is 124 cm³/mol. The van der Waals surface area contributed by atoms with Crippen molar-refractivity contribution in [2.75, 3.05) is 26.3 Å². The molecule has 12 nitrogen and oxygen atoms in total. The Morgan fingerprint density at radius 1 is 1.31 bits per heavy atom. The number of nitrogens with zero attached hydrogens (tertiary/aromatic N) is 4. The molecule has 0 saturated carbocycles. The molecule has 1 atom stereocenters. The summed E-state index contributed by atoms with van der Waals surface area (Å²) in [6.45, 7) is 2.15. The minimum Gasteiger partial charge on any atom is -0.507 e. The van der Waals surface area contributed by atoms with Gasteiger partial charge in [-0.1, -0.05) is 12.1 Å². The van der Waals surface area contributed by atoms with Crippen molar-refractivity contribution >= 4 is 32.3 Å². The molecular weight excluding hydrogens is 478 g/mol. The minimum absolute atomic E-state index is 0.114. The van der Waals surface area contributed by atoms with Crippen LogP contribution in [0.1, 0.15) is 12.7 Å². The van der Waals surface area contributed by atoms with Gasteiger partial charge >= 0.3 is 5.69 Å². The van der Waals surface area contributed by atoms with Crippen LogP contribution in [0.3, 0.4) is 0 Å². The highest BCUT2D eigenvalue weighted by Crippen LogP contribution is 2.33. The topological polar surface area (TPSA) is 172 Å². The van der Waals surface area contributed by atoms with E-state index in [0.29, 0.717) is 11.0 Å². The normalized spacial score (nSPS) is 16.3. The van der Waals surface area contributed by atoms with Crippen molar-refractivity contribution in [1.29, 1.82) is 5.26 Å². The van der Waals surface area contributed by atoms with Gasteiger partial charge in [-0.3, -0.25) is 10.1 Å². The Morgan fingerprint density at radius 3 is 2.69 bits per heavy atom. The van der Waals surface area contributed by atoms with Gasteiger partial charge in [0.25, 0.3) is 0 Å². The first-order valence-electron chi connectivity index (χ1n) is 10.5. The first-order chi connectivity index (χ1) is 16.7. The Labute approximate surface area is 200 Å². The summed E-state index contributed by atoms with van der Waals surface area (Å²) in [6.07, 6.45) is -1.18. The molecule has 4 rings (SSSR count). The van der Waals surface area contributed by atoms with E-state index < -0.39 is 32.5 Å². The molecule has 182 valence electrons. The van der Waals surface area contributed by atoms with Crippen LogP contribution in [0.25, 0.3) is 16.6 Å². The number of hydrogen-bond acceptors (Lipinski definition) is 9. The van der Waals surface area contributed by atoms with Crippen molar-refractivity contribution in [3.05, 3.63) is 64.2 Å². The molecule has 1 fully saturated rings. The van der Waals surface area contributed by atoms with Crippen LogP contribution in [-0.2, 0) is 14.8 Å². The van der Waals surface area contributed by atoms with Gasteiger partial charge in [-0.25, -0.2) is 13.4 Å². The number of imidazole rings is 1. The molecule has 2 heterocycles. The second kappa shape index (κ2) is 9.71. The summed E-state index contributed by atoms with van der Waals surface area (Å²) < 4.78 is 37.7. The van der Waals surface area contributed by atoms with E-state index in [1.165, 1.54) is 17.3 Å². The molecule has 1 aliphatic heterocycles. The number of aliphatic hydroxyl groups excluding tert-OH is 1. The Bertz CT molecular complexity index is 1420. The first-order valence-corrected chi connectivity index (χ1v) is 12.0. The number of aromatic nitrogens is 2. The lowest BCUT2D eigenvalue weighted by molar-refractivity contribution is -0.386. The van der Waals surface area contributed by atoms with Gasteiger partial charge in [0.1, 0.15) is 11.6 Å². The lowest BCUT2D eigenvalue weighted by Gasteiger charge is -2.26. The zero-order valence-electron chi connectivity index (χ0n) is 18.5. The van der Waals surface area contributed by atoms with Gasteiger partial charge in [0.15, 0.2) is 23.4 Å². The Morgan fingerprint density at radius 2 is 2.03 bits per heavy atom. The molecule has 1 aromatic heterocycles. The maximum atomic E-state index is 12.9. The fourth-order valence-electron chi connectivity index (χ4n) is 3.59. The molecule has 0 spiro atoms. The molecule has 3 aromatic rings. The summed E-state index contributed by atoms with van der Waals surface area (Å²) >= 11 is 0. The number of nitro groups is 1. The van der Waals surface area contributed by atoms with E-state index in [1.54, 1.807) is 24.3 Å². The van der Waals surface area contributed by atoms with Crippen molar-refractivity contribution in [2.24, 2.45) is 0 Å². The number of aliphatic hydroxyl groups is 1. The number of rotatable bonds is 7. The van der Waals surface area contributed by atoms with Crippen molar-refractivity contribution < 1.29 is 27.9 Å². The van der Waals surface area contributed by atoms with Gasteiger partial charge in [0.05, 0.1) is 34.1 Å². The van der Waals surface area contributed by atoms with Crippen LogP contribution in [0, 0.1) is 21.4 Å². The summed E-state index contributed by atoms with van der Waals surface area (Å²) in [6, 6.07) is 12.2. The van der Waals surface area contributed by atoms with Crippen LogP contribution >= 0.6 is 0 Å². The summed E-state index contributed by atoms with van der Waals surface area (Å²) in [7, 11) is -3.97. The number of hydrogen-bond donors (Lipinski definition) is 2. The molecule has 1 saturated heterocycles. The second-order valence-corrected chi connectivity index (χ2v) is 9.58. The maximum Gasteiger partial charge on any atom is 0.312 e. The van der Waals surface area contributed by atoms with Gasteiger partial charge < -0.3 is 19.6 Å². The minimum atomic E-state index is -3.97. The van der Waals surface area contributed by atoms with Crippen LogP contribution in [0.2, 0.25) is 0 Å². The summed E-state index contributed by atoms with van der Waals surface area (Å²) in [5.41, 5.74) is 0.456. The highest BCUT2D eigenvalue weighted by atomic mass is 32.2. The lowest BCUT2D eigenvalue weighted by Crippen LogP contribution is -2.40. The number of morpholine rings is 1.